The van der Waals surface area contributed by atoms with Crippen LogP contribution in [0.3, 0.4) is 0 Å². The summed E-state index contributed by atoms with van der Waals surface area (Å²) in [4.78, 5) is 8.51. The van der Waals surface area contributed by atoms with E-state index in [1.54, 1.807) is 35.4 Å². The first-order valence-electron chi connectivity index (χ1n) is 7.52. The maximum absolute atomic E-state index is 12.2. The van der Waals surface area contributed by atoms with Gasteiger partial charge in [0.25, 0.3) is 0 Å². The van der Waals surface area contributed by atoms with Crippen LogP contribution in [0.2, 0.25) is 0 Å². The fourth-order valence-corrected chi connectivity index (χ4v) is 1.92. The fourth-order valence-electron chi connectivity index (χ4n) is 1.92. The molecule has 0 fully saturated rings. The second kappa shape index (κ2) is 10.2. The SMILES string of the molecule is CCNC(=NCc1ccnc(-n2cccn2)c1)NCCC(F)(F)F.I. The highest BCUT2D eigenvalue weighted by molar-refractivity contribution is 14.0. The number of pyridine rings is 1. The molecule has 0 saturated heterocycles. The van der Waals surface area contributed by atoms with Crippen molar-refractivity contribution in [1.29, 1.82) is 0 Å². The third kappa shape index (κ3) is 7.71. The van der Waals surface area contributed by atoms with E-state index in [-0.39, 0.29) is 30.5 Å². The Balaban J connectivity index is 0.00000312. The molecule has 0 aliphatic carbocycles. The first-order valence-corrected chi connectivity index (χ1v) is 7.52. The fraction of sp³-hybridized carbons (Fsp3) is 0.400. The molecule has 0 bridgehead atoms. The van der Waals surface area contributed by atoms with E-state index in [1.807, 2.05) is 13.0 Å². The Morgan fingerprint density at radius 3 is 2.72 bits per heavy atom. The van der Waals surface area contributed by atoms with Gasteiger partial charge in [0.1, 0.15) is 0 Å². The van der Waals surface area contributed by atoms with Gasteiger partial charge in [-0.2, -0.15) is 18.3 Å². The van der Waals surface area contributed by atoms with E-state index in [0.717, 1.165) is 5.56 Å². The molecule has 0 spiro atoms. The molecule has 0 radical (unpaired) electrons. The Morgan fingerprint density at radius 2 is 2.08 bits per heavy atom. The van der Waals surface area contributed by atoms with Crippen molar-refractivity contribution in [2.45, 2.75) is 26.1 Å². The normalized spacial score (nSPS) is 11.8. The predicted molar refractivity (Wildman–Crippen MR) is 100 cm³/mol. The smallest absolute Gasteiger partial charge is 0.357 e. The van der Waals surface area contributed by atoms with Crippen molar-refractivity contribution < 1.29 is 13.2 Å². The average molecular weight is 468 g/mol. The number of hydrogen-bond acceptors (Lipinski definition) is 3. The van der Waals surface area contributed by atoms with Crippen molar-refractivity contribution in [1.82, 2.24) is 25.4 Å². The van der Waals surface area contributed by atoms with Crippen LogP contribution < -0.4 is 10.6 Å². The molecule has 2 heterocycles. The van der Waals surface area contributed by atoms with E-state index in [9.17, 15) is 13.2 Å². The summed E-state index contributed by atoms with van der Waals surface area (Å²) in [5.41, 5.74) is 0.878. The van der Waals surface area contributed by atoms with Gasteiger partial charge in [-0.25, -0.2) is 14.7 Å². The zero-order valence-electron chi connectivity index (χ0n) is 13.6. The maximum Gasteiger partial charge on any atom is 0.390 e. The lowest BCUT2D eigenvalue weighted by atomic mass is 10.2. The summed E-state index contributed by atoms with van der Waals surface area (Å²) < 4.78 is 38.2. The summed E-state index contributed by atoms with van der Waals surface area (Å²) in [5.74, 6) is 1.00. The highest BCUT2D eigenvalue weighted by Gasteiger charge is 2.26. The number of hydrogen-bond donors (Lipinski definition) is 2. The zero-order chi connectivity index (χ0) is 17.4. The van der Waals surface area contributed by atoms with Gasteiger partial charge in [0, 0.05) is 31.7 Å². The van der Waals surface area contributed by atoms with Gasteiger partial charge < -0.3 is 10.6 Å². The van der Waals surface area contributed by atoms with Crippen LogP contribution in [-0.2, 0) is 6.54 Å². The summed E-state index contributed by atoms with van der Waals surface area (Å²) in [6.07, 6.45) is -0.0193. The predicted octanol–water partition coefficient (Wildman–Crippen LogP) is 2.89. The van der Waals surface area contributed by atoms with Gasteiger partial charge in [0.15, 0.2) is 11.8 Å². The Kier molecular flexibility index (Phi) is 8.66. The average Bonchev–Trinajstić information content (AvgIpc) is 3.06. The van der Waals surface area contributed by atoms with Crippen LogP contribution in [0.15, 0.2) is 41.8 Å². The molecule has 6 nitrogen and oxygen atoms in total. The lowest BCUT2D eigenvalue weighted by Gasteiger charge is -2.12. The van der Waals surface area contributed by atoms with Gasteiger partial charge in [-0.05, 0) is 30.7 Å². The van der Waals surface area contributed by atoms with Crippen LogP contribution in [0, 0.1) is 0 Å². The van der Waals surface area contributed by atoms with E-state index in [1.165, 1.54) is 0 Å². The van der Waals surface area contributed by atoms with Crippen molar-refractivity contribution in [3.63, 3.8) is 0 Å². The van der Waals surface area contributed by atoms with Gasteiger partial charge >= 0.3 is 6.18 Å². The van der Waals surface area contributed by atoms with Crippen molar-refractivity contribution >= 4 is 29.9 Å². The van der Waals surface area contributed by atoms with Crippen LogP contribution in [0.25, 0.3) is 5.82 Å². The number of nitrogens with one attached hydrogen (secondary N) is 2. The number of rotatable bonds is 6. The first kappa shape index (κ1) is 21.2. The van der Waals surface area contributed by atoms with Crippen LogP contribution in [0.5, 0.6) is 0 Å². The molecule has 0 aliphatic heterocycles. The molecule has 2 aromatic heterocycles. The second-order valence-corrected chi connectivity index (χ2v) is 4.96. The second-order valence-electron chi connectivity index (χ2n) is 4.96. The minimum atomic E-state index is -4.19. The minimum absolute atomic E-state index is 0. The number of aliphatic imine (C=N–C) groups is 1. The molecule has 0 atom stereocenters. The molecule has 2 N–H and O–H groups in total. The van der Waals surface area contributed by atoms with E-state index < -0.39 is 12.6 Å². The van der Waals surface area contributed by atoms with E-state index >= 15 is 0 Å². The van der Waals surface area contributed by atoms with Crippen LogP contribution in [-0.4, -0.2) is 40.0 Å². The molecule has 2 aromatic rings. The molecule has 10 heteroatoms. The summed E-state index contributed by atoms with van der Waals surface area (Å²) in [7, 11) is 0. The Bertz CT molecular complexity index is 658. The standard InChI is InChI=1S/C15H19F3N6.HI/c1-2-19-14(21-8-5-15(16,17)18)22-11-12-4-7-20-13(10-12)24-9-3-6-23-24;/h3-4,6-7,9-10H,2,5,8,11H2,1H3,(H2,19,21,22);1H. The Hall–Kier alpha value is -1.85. The highest BCUT2D eigenvalue weighted by Crippen LogP contribution is 2.18. The lowest BCUT2D eigenvalue weighted by Crippen LogP contribution is -2.38. The summed E-state index contributed by atoms with van der Waals surface area (Å²) in [6.45, 7) is 2.51. The summed E-state index contributed by atoms with van der Waals surface area (Å²) in [5, 5.41) is 9.70. The molecule has 0 unspecified atom stereocenters. The molecule has 0 saturated carbocycles. The Labute approximate surface area is 161 Å². The molecule has 0 aliphatic rings. The van der Waals surface area contributed by atoms with E-state index in [4.69, 9.17) is 0 Å². The van der Waals surface area contributed by atoms with Gasteiger partial charge in [0.2, 0.25) is 0 Å². The third-order valence-electron chi connectivity index (χ3n) is 3.01. The van der Waals surface area contributed by atoms with Crippen molar-refractivity contribution in [2.75, 3.05) is 13.1 Å². The van der Waals surface area contributed by atoms with Crippen molar-refractivity contribution in [2.24, 2.45) is 4.99 Å². The van der Waals surface area contributed by atoms with Gasteiger partial charge in [-0.1, -0.05) is 0 Å². The third-order valence-corrected chi connectivity index (χ3v) is 3.01. The molecular weight excluding hydrogens is 448 g/mol. The maximum atomic E-state index is 12.2. The summed E-state index contributed by atoms with van der Waals surface area (Å²) in [6, 6.07) is 5.42. The molecular formula is C15H20F3IN6. The lowest BCUT2D eigenvalue weighted by molar-refractivity contribution is -0.132. The topological polar surface area (TPSA) is 67.1 Å². The van der Waals surface area contributed by atoms with Gasteiger partial charge in [-0.3, -0.25) is 0 Å². The van der Waals surface area contributed by atoms with Crippen LogP contribution >= 0.6 is 24.0 Å². The highest BCUT2D eigenvalue weighted by atomic mass is 127. The number of guanidine groups is 1. The van der Waals surface area contributed by atoms with Crippen molar-refractivity contribution in [3.05, 3.63) is 42.4 Å². The van der Waals surface area contributed by atoms with Crippen LogP contribution in [0.4, 0.5) is 13.2 Å². The molecule has 0 aromatic carbocycles. The van der Waals surface area contributed by atoms with E-state index in [2.05, 4.69) is 25.7 Å². The van der Waals surface area contributed by atoms with Crippen molar-refractivity contribution in [3.8, 4) is 5.82 Å². The molecule has 2 rings (SSSR count). The first-order chi connectivity index (χ1) is 11.5. The molecule has 138 valence electrons. The molecule has 0 amide bonds. The molecule has 25 heavy (non-hydrogen) atoms. The van der Waals surface area contributed by atoms with Gasteiger partial charge in [0.05, 0.1) is 13.0 Å². The number of halogens is 4. The minimum Gasteiger partial charge on any atom is -0.357 e. The summed E-state index contributed by atoms with van der Waals surface area (Å²) >= 11 is 0. The zero-order valence-corrected chi connectivity index (χ0v) is 16.0. The number of aromatic nitrogens is 3. The van der Waals surface area contributed by atoms with Gasteiger partial charge in [-0.15, -0.1) is 24.0 Å². The van der Waals surface area contributed by atoms with Crippen LogP contribution in [0.1, 0.15) is 18.9 Å². The van der Waals surface area contributed by atoms with E-state index in [0.29, 0.717) is 24.9 Å². The Morgan fingerprint density at radius 1 is 1.28 bits per heavy atom. The monoisotopic (exact) mass is 468 g/mol. The number of nitrogens with zero attached hydrogens (tertiary/aromatic N) is 4. The number of alkyl halides is 3. The largest absolute Gasteiger partial charge is 0.390 e. The quantitative estimate of drug-likeness (QED) is 0.389.